The Balaban J connectivity index is 0.000000921. The van der Waals surface area contributed by atoms with E-state index in [9.17, 15) is 4.79 Å². The number of rotatable bonds is 2. The third-order valence-electron chi connectivity index (χ3n) is 1.69. The van der Waals surface area contributed by atoms with E-state index in [-0.39, 0.29) is 5.56 Å². The second kappa shape index (κ2) is 5.80. The number of nitrogen functional groups attached to an aromatic ring is 1. The van der Waals surface area contributed by atoms with Crippen molar-refractivity contribution in [3.05, 3.63) is 29.3 Å². The van der Waals surface area contributed by atoms with Crippen molar-refractivity contribution in [3.8, 4) is 0 Å². The molecule has 0 amide bonds. The van der Waals surface area contributed by atoms with Gasteiger partial charge in [0, 0.05) is 11.3 Å². The van der Waals surface area contributed by atoms with E-state index in [0.29, 0.717) is 5.69 Å². The first-order valence-corrected chi connectivity index (χ1v) is 4.70. The van der Waals surface area contributed by atoms with Crippen molar-refractivity contribution in [2.75, 3.05) is 5.73 Å². The Hall–Kier alpha value is -1.84. The van der Waals surface area contributed by atoms with Gasteiger partial charge in [0.05, 0.1) is 0 Å². The summed E-state index contributed by atoms with van der Waals surface area (Å²) in [7, 11) is 0. The highest BCUT2D eigenvalue weighted by atomic mass is 16.4. The summed E-state index contributed by atoms with van der Waals surface area (Å²) in [6.45, 7) is 5.82. The fraction of sp³-hybridized carbons (Fsp3) is 0.273. The van der Waals surface area contributed by atoms with E-state index < -0.39 is 11.7 Å². The van der Waals surface area contributed by atoms with Crippen LogP contribution < -0.4 is 5.73 Å². The van der Waals surface area contributed by atoms with Gasteiger partial charge in [-0.25, -0.2) is 4.79 Å². The van der Waals surface area contributed by atoms with E-state index in [4.69, 9.17) is 16.2 Å². The minimum atomic E-state index is -1.27. The van der Waals surface area contributed by atoms with Gasteiger partial charge in [-0.3, -0.25) is 5.41 Å². The highest BCUT2D eigenvalue weighted by Gasteiger charge is 2.12. The third-order valence-corrected chi connectivity index (χ3v) is 1.69. The molecular weight excluding hydrogens is 192 g/mol. The van der Waals surface area contributed by atoms with E-state index in [2.05, 4.69) is 0 Å². The number of aliphatic carboxylic acids is 1. The number of carbonyl (C=O) groups is 1. The summed E-state index contributed by atoms with van der Waals surface area (Å²) in [4.78, 5) is 10.5. The number of benzene rings is 1. The van der Waals surface area contributed by atoms with E-state index in [1.807, 2.05) is 20.8 Å². The Kier molecular flexibility index (Phi) is 5.09. The number of anilines is 1. The van der Waals surface area contributed by atoms with Crippen LogP contribution in [0.15, 0.2) is 18.2 Å². The quantitative estimate of drug-likeness (QED) is 0.513. The van der Waals surface area contributed by atoms with Crippen LogP contribution in [0.4, 0.5) is 5.69 Å². The van der Waals surface area contributed by atoms with Gasteiger partial charge in [-0.2, -0.15) is 0 Å². The molecule has 0 bridgehead atoms. The normalized spacial score (nSPS) is 8.73. The lowest BCUT2D eigenvalue weighted by molar-refractivity contribution is -0.129. The first-order valence-electron chi connectivity index (χ1n) is 4.70. The van der Waals surface area contributed by atoms with E-state index in [1.165, 1.54) is 0 Å². The predicted octanol–water partition coefficient (Wildman–Crippen LogP) is 2.06. The van der Waals surface area contributed by atoms with E-state index in [0.717, 1.165) is 5.56 Å². The maximum absolute atomic E-state index is 10.5. The van der Waals surface area contributed by atoms with Gasteiger partial charge < -0.3 is 10.8 Å². The predicted molar refractivity (Wildman–Crippen MR) is 61.4 cm³/mol. The van der Waals surface area contributed by atoms with Crippen molar-refractivity contribution in [1.29, 1.82) is 5.41 Å². The molecule has 0 atom stereocenters. The van der Waals surface area contributed by atoms with Gasteiger partial charge in [-0.05, 0) is 19.1 Å². The molecule has 0 aliphatic carbocycles. The summed E-state index contributed by atoms with van der Waals surface area (Å²) in [5.41, 5.74) is 6.53. The summed E-state index contributed by atoms with van der Waals surface area (Å²) >= 11 is 0. The molecule has 0 unspecified atom stereocenters. The molecule has 4 nitrogen and oxygen atoms in total. The molecule has 1 rings (SSSR count). The summed E-state index contributed by atoms with van der Waals surface area (Å²) in [5.74, 6) is -1.27. The van der Waals surface area contributed by atoms with Crippen LogP contribution in [-0.4, -0.2) is 16.8 Å². The van der Waals surface area contributed by atoms with Crippen LogP contribution in [0, 0.1) is 12.3 Å². The standard InChI is InChI=1S/C9H10N2O2.C2H6/c1-5-2-3-7(10)6(4-5)8(11)9(12)13;1-2/h2-4,11H,10H2,1H3,(H,12,13);1-2H3. The van der Waals surface area contributed by atoms with Crippen molar-refractivity contribution in [1.82, 2.24) is 0 Å². The summed E-state index contributed by atoms with van der Waals surface area (Å²) in [6.07, 6.45) is 0. The minimum Gasteiger partial charge on any atom is -0.477 e. The number of nitrogens with one attached hydrogen (secondary N) is 1. The van der Waals surface area contributed by atoms with Crippen LogP contribution in [0.1, 0.15) is 25.0 Å². The molecule has 0 heterocycles. The zero-order chi connectivity index (χ0) is 12.0. The smallest absolute Gasteiger partial charge is 0.354 e. The first-order chi connectivity index (χ1) is 7.02. The largest absolute Gasteiger partial charge is 0.477 e. The lowest BCUT2D eigenvalue weighted by atomic mass is 10.1. The van der Waals surface area contributed by atoms with Crippen LogP contribution in [0.5, 0.6) is 0 Å². The SMILES string of the molecule is CC.Cc1ccc(N)c(C(=N)C(=O)O)c1. The molecule has 82 valence electrons. The van der Waals surface area contributed by atoms with Gasteiger partial charge in [0.15, 0.2) is 0 Å². The molecule has 0 aromatic heterocycles. The Labute approximate surface area is 89.2 Å². The minimum absolute atomic E-state index is 0.271. The molecular formula is C11H16N2O2. The lowest BCUT2D eigenvalue weighted by Gasteiger charge is -2.04. The number of nitrogens with two attached hydrogens (primary N) is 1. The summed E-state index contributed by atoms with van der Waals surface area (Å²) in [6, 6.07) is 4.96. The van der Waals surface area contributed by atoms with Gasteiger partial charge in [-0.15, -0.1) is 0 Å². The fourth-order valence-corrected chi connectivity index (χ4v) is 1.00. The number of hydrogen-bond donors (Lipinski definition) is 3. The van der Waals surface area contributed by atoms with Gasteiger partial charge >= 0.3 is 5.97 Å². The Morgan fingerprint density at radius 1 is 1.40 bits per heavy atom. The Bertz CT molecular complexity index is 373. The molecule has 0 aliphatic rings. The van der Waals surface area contributed by atoms with Crippen LogP contribution in [0.2, 0.25) is 0 Å². The molecule has 0 spiro atoms. The van der Waals surface area contributed by atoms with Crippen molar-refractivity contribution in [2.45, 2.75) is 20.8 Å². The molecule has 15 heavy (non-hydrogen) atoms. The van der Waals surface area contributed by atoms with Crippen LogP contribution >= 0.6 is 0 Å². The van der Waals surface area contributed by atoms with Crippen molar-refractivity contribution in [3.63, 3.8) is 0 Å². The molecule has 4 heteroatoms. The monoisotopic (exact) mass is 208 g/mol. The second-order valence-corrected chi connectivity index (χ2v) is 2.77. The van der Waals surface area contributed by atoms with Crippen molar-refractivity contribution < 1.29 is 9.90 Å². The highest BCUT2D eigenvalue weighted by Crippen LogP contribution is 2.14. The zero-order valence-corrected chi connectivity index (χ0v) is 9.16. The molecule has 1 aromatic rings. The molecule has 0 aliphatic heterocycles. The maximum atomic E-state index is 10.5. The van der Waals surface area contributed by atoms with Crippen molar-refractivity contribution >= 4 is 17.4 Å². The second-order valence-electron chi connectivity index (χ2n) is 2.77. The zero-order valence-electron chi connectivity index (χ0n) is 9.16. The number of aryl methyl sites for hydroxylation is 1. The fourth-order valence-electron chi connectivity index (χ4n) is 1.00. The van der Waals surface area contributed by atoms with Gasteiger partial charge in [-0.1, -0.05) is 25.5 Å². The maximum Gasteiger partial charge on any atom is 0.354 e. The summed E-state index contributed by atoms with van der Waals surface area (Å²) in [5, 5.41) is 15.8. The number of carboxylic acid groups (broad SMARTS) is 1. The third kappa shape index (κ3) is 3.42. The van der Waals surface area contributed by atoms with Gasteiger partial charge in [0.2, 0.25) is 0 Å². The molecule has 1 aromatic carbocycles. The van der Waals surface area contributed by atoms with Gasteiger partial charge in [0.25, 0.3) is 0 Å². The first kappa shape index (κ1) is 13.2. The van der Waals surface area contributed by atoms with Crippen molar-refractivity contribution in [2.24, 2.45) is 0 Å². The Morgan fingerprint density at radius 3 is 2.40 bits per heavy atom. The summed E-state index contributed by atoms with van der Waals surface area (Å²) < 4.78 is 0. The molecule has 0 saturated heterocycles. The number of hydrogen-bond acceptors (Lipinski definition) is 3. The lowest BCUT2D eigenvalue weighted by Crippen LogP contribution is -2.14. The number of carboxylic acids is 1. The molecule has 4 N–H and O–H groups in total. The van der Waals surface area contributed by atoms with E-state index in [1.54, 1.807) is 18.2 Å². The van der Waals surface area contributed by atoms with Crippen LogP contribution in [-0.2, 0) is 4.79 Å². The Morgan fingerprint density at radius 2 is 1.93 bits per heavy atom. The average Bonchev–Trinajstić information content (AvgIpc) is 2.23. The topological polar surface area (TPSA) is 87.2 Å². The molecule has 0 saturated carbocycles. The highest BCUT2D eigenvalue weighted by molar-refractivity contribution is 6.42. The molecule has 0 fully saturated rings. The van der Waals surface area contributed by atoms with Gasteiger partial charge in [0.1, 0.15) is 5.71 Å². The molecule has 0 radical (unpaired) electrons. The average molecular weight is 208 g/mol. The van der Waals surface area contributed by atoms with E-state index >= 15 is 0 Å². The van der Waals surface area contributed by atoms with Crippen LogP contribution in [0.25, 0.3) is 0 Å². The van der Waals surface area contributed by atoms with Crippen LogP contribution in [0.3, 0.4) is 0 Å².